The van der Waals surface area contributed by atoms with Gasteiger partial charge in [-0.05, 0) is 56.0 Å². The van der Waals surface area contributed by atoms with Crippen LogP contribution < -0.4 is 6.15 Å². The van der Waals surface area contributed by atoms with Gasteiger partial charge in [-0.15, -0.1) is 0 Å². The number of hydrogen-bond acceptors (Lipinski definition) is 3. The minimum atomic E-state index is -4.33. The van der Waals surface area contributed by atoms with E-state index >= 15 is 0 Å². The average molecular weight is 379 g/mol. The summed E-state index contributed by atoms with van der Waals surface area (Å²) >= 11 is 0. The van der Waals surface area contributed by atoms with Crippen molar-refractivity contribution >= 4 is 5.91 Å². The first-order valence-electron chi connectivity index (χ1n) is 8.66. The maximum absolute atomic E-state index is 12.9. The third-order valence-corrected chi connectivity index (χ3v) is 5.10. The van der Waals surface area contributed by atoms with Crippen LogP contribution in [0.15, 0.2) is 36.5 Å². The molecule has 1 aliphatic heterocycles. The van der Waals surface area contributed by atoms with Gasteiger partial charge in [0, 0.05) is 36.5 Å². The molecule has 2 heterocycles. The van der Waals surface area contributed by atoms with Gasteiger partial charge in [0.1, 0.15) is 0 Å². The molecule has 146 valence electrons. The number of rotatable bonds is 2. The van der Waals surface area contributed by atoms with E-state index < -0.39 is 11.7 Å². The van der Waals surface area contributed by atoms with Crippen molar-refractivity contribution in [2.45, 2.75) is 38.8 Å². The molecule has 27 heavy (non-hydrogen) atoms. The first kappa shape index (κ1) is 20.9. The molecule has 4 nitrogen and oxygen atoms in total. The Balaban J connectivity index is 0.00000261. The summed E-state index contributed by atoms with van der Waals surface area (Å²) in [7, 11) is 0. The van der Waals surface area contributed by atoms with Crippen molar-refractivity contribution in [3.8, 4) is 0 Å². The van der Waals surface area contributed by atoms with E-state index in [4.69, 9.17) is 0 Å². The Morgan fingerprint density at radius 3 is 2.44 bits per heavy atom. The predicted octanol–water partition coefficient (Wildman–Crippen LogP) is 4.90. The van der Waals surface area contributed by atoms with Gasteiger partial charge in [0.25, 0.3) is 5.91 Å². The second-order valence-electron chi connectivity index (χ2n) is 6.78. The zero-order chi connectivity index (χ0) is 18.9. The van der Waals surface area contributed by atoms with E-state index in [1.54, 1.807) is 17.2 Å². The Morgan fingerprint density at radius 1 is 1.15 bits per heavy atom. The van der Waals surface area contributed by atoms with Crippen molar-refractivity contribution in [1.82, 2.24) is 16.0 Å². The number of carbonyl (C=O) groups is 1. The van der Waals surface area contributed by atoms with Gasteiger partial charge in [-0.2, -0.15) is 13.2 Å². The summed E-state index contributed by atoms with van der Waals surface area (Å²) in [6, 6.07) is 7.03. The second kappa shape index (κ2) is 8.08. The molecule has 1 fully saturated rings. The smallest absolute Gasteiger partial charge is 0.344 e. The highest BCUT2D eigenvalue weighted by Gasteiger charge is 2.31. The third kappa shape index (κ3) is 4.47. The Bertz CT molecular complexity index is 803. The molecule has 0 aliphatic carbocycles. The monoisotopic (exact) mass is 379 g/mol. The van der Waals surface area contributed by atoms with Gasteiger partial charge in [-0.25, -0.2) is 0 Å². The number of amides is 1. The summed E-state index contributed by atoms with van der Waals surface area (Å²) in [5.74, 6) is 0.0165. The molecule has 1 atom stereocenters. The Labute approximate surface area is 157 Å². The molecule has 1 unspecified atom stereocenters. The summed E-state index contributed by atoms with van der Waals surface area (Å²) in [4.78, 5) is 18.9. The van der Waals surface area contributed by atoms with Gasteiger partial charge < -0.3 is 11.1 Å². The van der Waals surface area contributed by atoms with Crippen LogP contribution in [0.1, 0.15) is 51.5 Å². The van der Waals surface area contributed by atoms with Crippen LogP contribution in [0.25, 0.3) is 0 Å². The second-order valence-corrected chi connectivity index (χ2v) is 6.78. The molecule has 0 spiro atoms. The number of halogens is 3. The number of nitrogens with zero attached hydrogens (tertiary/aromatic N) is 2. The highest BCUT2D eigenvalue weighted by molar-refractivity contribution is 5.95. The van der Waals surface area contributed by atoms with Gasteiger partial charge in [-0.3, -0.25) is 9.78 Å². The van der Waals surface area contributed by atoms with Crippen molar-refractivity contribution in [1.29, 1.82) is 0 Å². The number of aryl methyl sites for hydroxylation is 1. The lowest BCUT2D eigenvalue weighted by atomic mass is 9.89. The lowest BCUT2D eigenvalue weighted by Crippen LogP contribution is -2.39. The Morgan fingerprint density at radius 2 is 1.81 bits per heavy atom. The van der Waals surface area contributed by atoms with Crippen LogP contribution in [0, 0.1) is 13.8 Å². The number of benzene rings is 1. The Kier molecular flexibility index (Phi) is 6.26. The van der Waals surface area contributed by atoms with Gasteiger partial charge in [-0.1, -0.05) is 12.1 Å². The first-order valence-corrected chi connectivity index (χ1v) is 8.66. The molecule has 1 aliphatic rings. The summed E-state index contributed by atoms with van der Waals surface area (Å²) < 4.78 is 38.2. The lowest BCUT2D eigenvalue weighted by Gasteiger charge is -2.33. The van der Waals surface area contributed by atoms with Crippen molar-refractivity contribution in [2.75, 3.05) is 13.1 Å². The number of pyridine rings is 1. The topological polar surface area (TPSA) is 68.2 Å². The molecule has 7 heteroatoms. The van der Waals surface area contributed by atoms with Crippen molar-refractivity contribution in [3.63, 3.8) is 0 Å². The van der Waals surface area contributed by atoms with Gasteiger partial charge in [0.15, 0.2) is 0 Å². The van der Waals surface area contributed by atoms with E-state index in [0.29, 0.717) is 18.7 Å². The number of likely N-dealkylation sites (tertiary alicyclic amines) is 1. The number of piperidine rings is 1. The fourth-order valence-electron chi connectivity index (χ4n) is 3.42. The fraction of sp³-hybridized carbons (Fsp3) is 0.400. The van der Waals surface area contributed by atoms with Crippen LogP contribution >= 0.6 is 0 Å². The van der Waals surface area contributed by atoms with E-state index in [1.165, 1.54) is 12.1 Å². The molecule has 1 amide bonds. The minimum absolute atomic E-state index is 0. The zero-order valence-corrected chi connectivity index (χ0v) is 15.5. The molecule has 1 saturated heterocycles. The highest BCUT2D eigenvalue weighted by Crippen LogP contribution is 2.32. The maximum atomic E-state index is 12.9. The molecule has 0 saturated carbocycles. The number of carbonyl (C=O) groups excluding carboxylic acids is 1. The van der Waals surface area contributed by atoms with E-state index in [2.05, 4.69) is 4.98 Å². The van der Waals surface area contributed by atoms with Crippen LogP contribution in [-0.2, 0) is 6.18 Å². The fourth-order valence-corrected chi connectivity index (χ4v) is 3.42. The van der Waals surface area contributed by atoms with Crippen LogP contribution in [0.5, 0.6) is 0 Å². The molecule has 2 aromatic rings. The van der Waals surface area contributed by atoms with E-state index in [0.717, 1.165) is 41.8 Å². The average Bonchev–Trinajstić information content (AvgIpc) is 2.63. The highest BCUT2D eigenvalue weighted by atomic mass is 19.4. The van der Waals surface area contributed by atoms with Crippen LogP contribution in [0.4, 0.5) is 13.2 Å². The molecule has 3 N–H and O–H groups in total. The summed E-state index contributed by atoms with van der Waals surface area (Å²) in [5, 5.41) is 0. The summed E-state index contributed by atoms with van der Waals surface area (Å²) in [6.07, 6.45) is -0.999. The standard InChI is InChI=1S/C20H21F3N2O.H3N/c1-13-14(2)24-10-9-18(13)19(26)25-11-3-4-16(12-25)15-5-7-17(8-6-15)20(21,22)23;/h5-10,16H,3-4,11-12H2,1-2H3;1H3. The quantitative estimate of drug-likeness (QED) is 0.807. The van der Waals surface area contributed by atoms with E-state index in [9.17, 15) is 18.0 Å². The molecular weight excluding hydrogens is 355 g/mol. The Hall–Kier alpha value is -2.41. The number of alkyl halides is 3. The van der Waals surface area contributed by atoms with Crippen LogP contribution in [0.3, 0.4) is 0 Å². The van der Waals surface area contributed by atoms with Crippen molar-refractivity contribution < 1.29 is 18.0 Å². The molecule has 0 bridgehead atoms. The summed E-state index contributed by atoms with van der Waals surface area (Å²) in [5.41, 5.74) is 2.54. The largest absolute Gasteiger partial charge is 0.416 e. The van der Waals surface area contributed by atoms with Crippen molar-refractivity contribution in [3.05, 3.63) is 64.5 Å². The lowest BCUT2D eigenvalue weighted by molar-refractivity contribution is -0.137. The molecule has 3 rings (SSSR count). The van der Waals surface area contributed by atoms with E-state index in [1.807, 2.05) is 13.8 Å². The zero-order valence-electron chi connectivity index (χ0n) is 15.5. The van der Waals surface area contributed by atoms with Gasteiger partial charge in [0.2, 0.25) is 0 Å². The van der Waals surface area contributed by atoms with Crippen molar-refractivity contribution in [2.24, 2.45) is 0 Å². The minimum Gasteiger partial charge on any atom is -0.344 e. The third-order valence-electron chi connectivity index (χ3n) is 5.10. The number of aromatic nitrogens is 1. The summed E-state index contributed by atoms with van der Waals surface area (Å²) in [6.45, 7) is 4.93. The van der Waals surface area contributed by atoms with Gasteiger partial charge >= 0.3 is 6.18 Å². The van der Waals surface area contributed by atoms with E-state index in [-0.39, 0.29) is 18.0 Å². The maximum Gasteiger partial charge on any atom is 0.416 e. The molecule has 1 aromatic carbocycles. The van der Waals surface area contributed by atoms with Crippen LogP contribution in [-0.4, -0.2) is 28.9 Å². The first-order chi connectivity index (χ1) is 12.3. The normalized spacial score (nSPS) is 17.4. The molecule has 0 radical (unpaired) electrons. The van der Waals surface area contributed by atoms with Crippen LogP contribution in [0.2, 0.25) is 0 Å². The number of hydrogen-bond donors (Lipinski definition) is 1. The molecule has 1 aromatic heterocycles. The van der Waals surface area contributed by atoms with Gasteiger partial charge in [0.05, 0.1) is 5.56 Å². The predicted molar refractivity (Wildman–Crippen MR) is 98.1 cm³/mol. The molecular formula is C20H24F3N3O. The SMILES string of the molecule is Cc1nccc(C(=O)N2CCCC(c3ccc(C(F)(F)F)cc3)C2)c1C.N.